The van der Waals surface area contributed by atoms with E-state index in [1.54, 1.807) is 6.26 Å². The van der Waals surface area contributed by atoms with Gasteiger partial charge < -0.3 is 19.4 Å². The highest BCUT2D eigenvalue weighted by Crippen LogP contribution is 2.38. The van der Waals surface area contributed by atoms with Gasteiger partial charge in [0.05, 0.1) is 6.26 Å². The van der Waals surface area contributed by atoms with Crippen LogP contribution in [0.4, 0.5) is 0 Å². The SMILES string of the molecule is CCOCCCN=C(NCCc1ccco1)N1CCC2C(CCCN2C2CC2)C1.I. The molecule has 3 heterocycles. The van der Waals surface area contributed by atoms with E-state index < -0.39 is 0 Å². The molecule has 1 N–H and O–H groups in total. The van der Waals surface area contributed by atoms with Gasteiger partial charge in [-0.3, -0.25) is 9.89 Å². The number of hydrogen-bond donors (Lipinski definition) is 1. The number of guanidine groups is 1. The average molecular weight is 530 g/mol. The van der Waals surface area contributed by atoms with Crippen molar-refractivity contribution >= 4 is 29.9 Å². The molecule has 170 valence electrons. The van der Waals surface area contributed by atoms with Gasteiger partial charge in [0, 0.05) is 57.9 Å². The fourth-order valence-electron chi connectivity index (χ4n) is 5.01. The van der Waals surface area contributed by atoms with Crippen LogP contribution in [0, 0.1) is 5.92 Å². The topological polar surface area (TPSA) is 53.2 Å². The second kappa shape index (κ2) is 12.3. The van der Waals surface area contributed by atoms with Gasteiger partial charge in [-0.05, 0) is 70.0 Å². The monoisotopic (exact) mass is 530 g/mol. The zero-order chi connectivity index (χ0) is 19.9. The molecule has 1 aromatic heterocycles. The van der Waals surface area contributed by atoms with E-state index in [4.69, 9.17) is 14.1 Å². The molecule has 3 fully saturated rings. The normalized spacial score (nSPS) is 25.0. The molecule has 30 heavy (non-hydrogen) atoms. The van der Waals surface area contributed by atoms with Gasteiger partial charge in [0.1, 0.15) is 5.76 Å². The van der Waals surface area contributed by atoms with E-state index in [0.29, 0.717) is 0 Å². The molecule has 0 radical (unpaired) electrons. The molecular formula is C23H39IN4O2. The molecule has 3 aliphatic rings. The average Bonchev–Trinajstić information content (AvgIpc) is 3.47. The van der Waals surface area contributed by atoms with Crippen LogP contribution >= 0.6 is 24.0 Å². The number of nitrogens with one attached hydrogen (secondary N) is 1. The number of likely N-dealkylation sites (tertiary alicyclic amines) is 2. The van der Waals surface area contributed by atoms with Crippen molar-refractivity contribution in [2.24, 2.45) is 10.9 Å². The zero-order valence-corrected chi connectivity index (χ0v) is 20.8. The van der Waals surface area contributed by atoms with Gasteiger partial charge in [-0.1, -0.05) is 0 Å². The number of hydrogen-bond acceptors (Lipinski definition) is 4. The number of piperidine rings is 2. The summed E-state index contributed by atoms with van der Waals surface area (Å²) in [7, 11) is 0. The highest BCUT2D eigenvalue weighted by molar-refractivity contribution is 14.0. The van der Waals surface area contributed by atoms with E-state index in [1.165, 1.54) is 38.6 Å². The maximum atomic E-state index is 5.48. The Kier molecular flexibility index (Phi) is 9.77. The molecule has 0 spiro atoms. The summed E-state index contributed by atoms with van der Waals surface area (Å²) in [6, 6.07) is 5.69. The predicted molar refractivity (Wildman–Crippen MR) is 132 cm³/mol. The number of aliphatic imine (C=N–C) groups is 1. The van der Waals surface area contributed by atoms with Crippen LogP contribution in [-0.4, -0.2) is 73.8 Å². The molecule has 1 saturated carbocycles. The van der Waals surface area contributed by atoms with Crippen LogP contribution < -0.4 is 5.32 Å². The molecule has 0 aromatic carbocycles. The second-order valence-corrected chi connectivity index (χ2v) is 8.69. The number of halogens is 1. The first-order chi connectivity index (χ1) is 14.3. The molecule has 2 atom stereocenters. The van der Waals surface area contributed by atoms with Crippen molar-refractivity contribution < 1.29 is 9.15 Å². The van der Waals surface area contributed by atoms with Crippen LogP contribution in [0.25, 0.3) is 0 Å². The van der Waals surface area contributed by atoms with Crippen molar-refractivity contribution in [3.8, 4) is 0 Å². The lowest BCUT2D eigenvalue weighted by Gasteiger charge is -2.48. The standard InChI is InChI=1S/C23H38N4O2.HI/c1-2-28-16-5-12-24-23(25-13-10-21-7-4-17-29-21)26-15-11-22-19(18-26)6-3-14-27(22)20-8-9-20;/h4,7,17,19-20,22H,2-3,5-6,8-16,18H2,1H3,(H,24,25);1H. The number of ether oxygens (including phenoxy) is 1. The van der Waals surface area contributed by atoms with Crippen molar-refractivity contribution in [1.29, 1.82) is 0 Å². The van der Waals surface area contributed by atoms with Crippen LogP contribution in [0.5, 0.6) is 0 Å². The molecular weight excluding hydrogens is 491 g/mol. The van der Waals surface area contributed by atoms with E-state index in [1.807, 2.05) is 19.1 Å². The van der Waals surface area contributed by atoms with Gasteiger partial charge in [-0.2, -0.15) is 0 Å². The number of fused-ring (bicyclic) bond motifs is 1. The van der Waals surface area contributed by atoms with Gasteiger partial charge in [-0.25, -0.2) is 0 Å². The quantitative estimate of drug-likeness (QED) is 0.228. The molecule has 0 amide bonds. The lowest BCUT2D eigenvalue weighted by Crippen LogP contribution is -2.57. The Labute approximate surface area is 198 Å². The molecule has 2 saturated heterocycles. The minimum Gasteiger partial charge on any atom is -0.469 e. The molecule has 7 heteroatoms. The Morgan fingerprint density at radius 3 is 2.93 bits per heavy atom. The minimum atomic E-state index is 0. The van der Waals surface area contributed by atoms with Crippen LogP contribution in [0.1, 0.15) is 51.2 Å². The molecule has 1 aliphatic carbocycles. The Morgan fingerprint density at radius 1 is 1.27 bits per heavy atom. The highest BCUT2D eigenvalue weighted by atomic mass is 127. The van der Waals surface area contributed by atoms with Crippen LogP contribution in [0.2, 0.25) is 0 Å². The number of rotatable bonds is 9. The van der Waals surface area contributed by atoms with E-state index in [0.717, 1.165) is 82.0 Å². The van der Waals surface area contributed by atoms with E-state index in [-0.39, 0.29) is 24.0 Å². The van der Waals surface area contributed by atoms with Crippen molar-refractivity contribution in [2.75, 3.05) is 45.9 Å². The molecule has 0 bridgehead atoms. The van der Waals surface area contributed by atoms with Gasteiger partial charge in [0.25, 0.3) is 0 Å². The summed E-state index contributed by atoms with van der Waals surface area (Å²) >= 11 is 0. The summed E-state index contributed by atoms with van der Waals surface area (Å²) in [5.74, 6) is 2.90. The Hall–Kier alpha value is -0.800. The van der Waals surface area contributed by atoms with Crippen molar-refractivity contribution in [3.63, 3.8) is 0 Å². The van der Waals surface area contributed by atoms with E-state index >= 15 is 0 Å². The lowest BCUT2D eigenvalue weighted by molar-refractivity contribution is 0.0369. The summed E-state index contributed by atoms with van der Waals surface area (Å²) in [5.41, 5.74) is 0. The highest BCUT2D eigenvalue weighted by Gasteiger charge is 2.42. The van der Waals surface area contributed by atoms with E-state index in [2.05, 4.69) is 15.1 Å². The van der Waals surface area contributed by atoms with Crippen molar-refractivity contribution in [2.45, 2.75) is 64.0 Å². The molecule has 6 nitrogen and oxygen atoms in total. The van der Waals surface area contributed by atoms with Crippen molar-refractivity contribution in [1.82, 2.24) is 15.1 Å². The first kappa shape index (κ1) is 23.9. The molecule has 4 rings (SSSR count). The Morgan fingerprint density at radius 2 is 2.17 bits per heavy atom. The maximum absolute atomic E-state index is 5.48. The second-order valence-electron chi connectivity index (χ2n) is 8.69. The van der Waals surface area contributed by atoms with Gasteiger partial charge in [0.2, 0.25) is 0 Å². The first-order valence-corrected chi connectivity index (χ1v) is 11.7. The third kappa shape index (κ3) is 6.60. The summed E-state index contributed by atoms with van der Waals surface area (Å²) < 4.78 is 11.0. The third-order valence-corrected chi connectivity index (χ3v) is 6.57. The van der Waals surface area contributed by atoms with Crippen LogP contribution in [0.3, 0.4) is 0 Å². The summed E-state index contributed by atoms with van der Waals surface area (Å²) in [5, 5.41) is 3.62. The Bertz CT molecular complexity index is 635. The van der Waals surface area contributed by atoms with Crippen LogP contribution in [-0.2, 0) is 11.2 Å². The fraction of sp³-hybridized carbons (Fsp3) is 0.783. The largest absolute Gasteiger partial charge is 0.469 e. The molecule has 2 unspecified atom stereocenters. The summed E-state index contributed by atoms with van der Waals surface area (Å²) in [6.07, 6.45) is 10.5. The molecule has 2 aliphatic heterocycles. The third-order valence-electron chi connectivity index (χ3n) is 6.57. The van der Waals surface area contributed by atoms with E-state index in [9.17, 15) is 0 Å². The summed E-state index contributed by atoms with van der Waals surface area (Å²) in [4.78, 5) is 10.3. The van der Waals surface area contributed by atoms with Crippen LogP contribution in [0.15, 0.2) is 27.8 Å². The first-order valence-electron chi connectivity index (χ1n) is 11.7. The fourth-order valence-corrected chi connectivity index (χ4v) is 5.01. The zero-order valence-electron chi connectivity index (χ0n) is 18.4. The smallest absolute Gasteiger partial charge is 0.193 e. The summed E-state index contributed by atoms with van der Waals surface area (Å²) in [6.45, 7) is 8.88. The van der Waals surface area contributed by atoms with Gasteiger partial charge in [0.15, 0.2) is 5.96 Å². The lowest BCUT2D eigenvalue weighted by atomic mass is 9.83. The number of nitrogens with zero attached hydrogens (tertiary/aromatic N) is 3. The van der Waals surface area contributed by atoms with Crippen molar-refractivity contribution in [3.05, 3.63) is 24.2 Å². The number of furan rings is 1. The predicted octanol–water partition coefficient (Wildman–Crippen LogP) is 3.76. The Balaban J connectivity index is 0.00000256. The van der Waals surface area contributed by atoms with Gasteiger partial charge in [-0.15, -0.1) is 24.0 Å². The van der Waals surface area contributed by atoms with Gasteiger partial charge >= 0.3 is 0 Å². The molecule has 1 aromatic rings. The minimum absolute atomic E-state index is 0. The maximum Gasteiger partial charge on any atom is 0.193 e.